The summed E-state index contributed by atoms with van der Waals surface area (Å²) >= 11 is 0. The molecule has 0 unspecified atom stereocenters. The number of aliphatic imine (C=N–C) groups is 1. The molecule has 0 spiro atoms. The summed E-state index contributed by atoms with van der Waals surface area (Å²) in [5.41, 5.74) is 2.76. The Morgan fingerprint density at radius 3 is 2.52 bits per heavy atom. The van der Waals surface area contributed by atoms with E-state index in [0.717, 1.165) is 16.7 Å². The molecule has 25 heavy (non-hydrogen) atoms. The summed E-state index contributed by atoms with van der Waals surface area (Å²) in [5.74, 6) is -0.218. The van der Waals surface area contributed by atoms with E-state index < -0.39 is 10.9 Å². The lowest BCUT2D eigenvalue weighted by molar-refractivity contribution is -0.384. The van der Waals surface area contributed by atoms with Gasteiger partial charge in [0.2, 0.25) is 5.90 Å². The molecule has 1 heterocycles. The van der Waals surface area contributed by atoms with Gasteiger partial charge in [-0.25, -0.2) is 9.79 Å². The Hall–Kier alpha value is -3.54. The Kier molecular flexibility index (Phi) is 4.52. The second kappa shape index (κ2) is 6.92. The van der Waals surface area contributed by atoms with E-state index in [1.807, 2.05) is 31.2 Å². The Balaban J connectivity index is 1.78. The third-order valence-corrected chi connectivity index (χ3v) is 3.64. The highest BCUT2D eigenvalue weighted by Gasteiger charge is 2.24. The number of hydrogen-bond acceptors (Lipinski definition) is 5. The van der Waals surface area contributed by atoms with Crippen LogP contribution in [-0.4, -0.2) is 16.8 Å². The number of aryl methyl sites for hydroxylation is 1. The molecule has 1 aliphatic rings. The number of nitro benzene ring substituents is 1. The molecule has 0 N–H and O–H groups in total. The van der Waals surface area contributed by atoms with Gasteiger partial charge in [0.15, 0.2) is 5.70 Å². The molecule has 0 saturated heterocycles. The van der Waals surface area contributed by atoms with Crippen molar-refractivity contribution in [1.29, 1.82) is 0 Å². The van der Waals surface area contributed by atoms with E-state index in [1.54, 1.807) is 30.4 Å². The van der Waals surface area contributed by atoms with Crippen molar-refractivity contribution in [3.8, 4) is 0 Å². The van der Waals surface area contributed by atoms with Crippen LogP contribution in [0.3, 0.4) is 0 Å². The number of non-ortho nitro benzene ring substituents is 1. The molecule has 124 valence electrons. The second-order valence-electron chi connectivity index (χ2n) is 5.38. The third kappa shape index (κ3) is 3.69. The van der Waals surface area contributed by atoms with Crippen LogP contribution in [0.1, 0.15) is 16.7 Å². The van der Waals surface area contributed by atoms with Gasteiger partial charge in [-0.15, -0.1) is 0 Å². The molecule has 6 nitrogen and oxygen atoms in total. The topological polar surface area (TPSA) is 81.8 Å². The number of nitro groups is 1. The van der Waals surface area contributed by atoms with Crippen molar-refractivity contribution in [1.82, 2.24) is 0 Å². The van der Waals surface area contributed by atoms with Gasteiger partial charge >= 0.3 is 5.97 Å². The van der Waals surface area contributed by atoms with E-state index in [-0.39, 0.29) is 17.3 Å². The molecule has 0 amide bonds. The lowest BCUT2D eigenvalue weighted by atomic mass is 10.1. The number of nitrogens with zero attached hydrogens (tertiary/aromatic N) is 2. The summed E-state index contributed by atoms with van der Waals surface area (Å²) in [6, 6.07) is 13.6. The average Bonchev–Trinajstić information content (AvgIpc) is 2.96. The molecule has 0 bridgehead atoms. The fraction of sp³-hybridized carbons (Fsp3) is 0.0526. The van der Waals surface area contributed by atoms with Crippen LogP contribution in [0, 0.1) is 17.0 Å². The maximum absolute atomic E-state index is 11.9. The normalized spacial score (nSPS) is 15.5. The molecule has 2 aromatic carbocycles. The smallest absolute Gasteiger partial charge is 0.363 e. The largest absolute Gasteiger partial charge is 0.402 e. The molecule has 2 aromatic rings. The first kappa shape index (κ1) is 16.3. The lowest BCUT2D eigenvalue weighted by Crippen LogP contribution is -2.06. The molecule has 0 atom stereocenters. The maximum Gasteiger partial charge on any atom is 0.363 e. The zero-order chi connectivity index (χ0) is 17.8. The van der Waals surface area contributed by atoms with Gasteiger partial charge in [0.1, 0.15) is 0 Å². The number of benzene rings is 2. The van der Waals surface area contributed by atoms with Gasteiger partial charge in [-0.1, -0.05) is 30.4 Å². The maximum atomic E-state index is 11.9. The van der Waals surface area contributed by atoms with Crippen molar-refractivity contribution in [2.45, 2.75) is 6.92 Å². The fourth-order valence-corrected chi connectivity index (χ4v) is 2.31. The Bertz CT molecular complexity index is 925. The number of carbonyl (C=O) groups excluding carboxylic acids is 1. The van der Waals surface area contributed by atoms with Crippen LogP contribution in [0.15, 0.2) is 71.4 Å². The van der Waals surface area contributed by atoms with Crippen LogP contribution in [0.5, 0.6) is 0 Å². The van der Waals surface area contributed by atoms with E-state index in [0.29, 0.717) is 0 Å². The van der Waals surface area contributed by atoms with Gasteiger partial charge in [-0.05, 0) is 42.3 Å². The molecule has 0 fully saturated rings. The molecule has 0 aliphatic carbocycles. The Morgan fingerprint density at radius 2 is 1.84 bits per heavy atom. The molecule has 1 aliphatic heterocycles. The summed E-state index contributed by atoms with van der Waals surface area (Å²) in [6.07, 6.45) is 4.93. The van der Waals surface area contributed by atoms with E-state index >= 15 is 0 Å². The minimum absolute atomic E-state index is 0.0300. The van der Waals surface area contributed by atoms with Crippen molar-refractivity contribution in [3.63, 3.8) is 0 Å². The first-order chi connectivity index (χ1) is 12.0. The number of esters is 1. The second-order valence-corrected chi connectivity index (χ2v) is 5.38. The van der Waals surface area contributed by atoms with Gasteiger partial charge in [0.05, 0.1) is 4.92 Å². The van der Waals surface area contributed by atoms with E-state index in [1.165, 1.54) is 12.1 Å². The zero-order valence-corrected chi connectivity index (χ0v) is 13.4. The van der Waals surface area contributed by atoms with Crippen LogP contribution in [0.25, 0.3) is 6.08 Å². The van der Waals surface area contributed by atoms with Gasteiger partial charge in [0, 0.05) is 17.7 Å². The molecule has 6 heteroatoms. The summed E-state index contributed by atoms with van der Waals surface area (Å²) < 4.78 is 5.22. The highest BCUT2D eigenvalue weighted by molar-refractivity contribution is 6.11. The first-order valence-electron chi connectivity index (χ1n) is 7.54. The number of ether oxygens (including phenoxy) is 1. The van der Waals surface area contributed by atoms with E-state index in [9.17, 15) is 14.9 Å². The number of allylic oxidation sites excluding steroid dienone is 2. The van der Waals surface area contributed by atoms with E-state index in [2.05, 4.69) is 4.99 Å². The van der Waals surface area contributed by atoms with Crippen molar-refractivity contribution in [2.75, 3.05) is 0 Å². The number of cyclic esters (lactones) is 1. The lowest BCUT2D eigenvalue weighted by Gasteiger charge is -2.02. The predicted molar refractivity (Wildman–Crippen MR) is 94.0 cm³/mol. The highest BCUT2D eigenvalue weighted by atomic mass is 16.6. The monoisotopic (exact) mass is 334 g/mol. The molecule has 3 rings (SSSR count). The Morgan fingerprint density at radius 1 is 1.12 bits per heavy atom. The molecular formula is C19H14N2O4. The van der Waals surface area contributed by atoms with Crippen molar-refractivity contribution in [3.05, 3.63) is 93.2 Å². The minimum Gasteiger partial charge on any atom is -0.402 e. The van der Waals surface area contributed by atoms with Gasteiger partial charge in [-0.3, -0.25) is 10.1 Å². The highest BCUT2D eigenvalue weighted by Crippen LogP contribution is 2.19. The third-order valence-electron chi connectivity index (χ3n) is 3.64. The first-order valence-corrected chi connectivity index (χ1v) is 7.54. The van der Waals surface area contributed by atoms with Crippen LogP contribution < -0.4 is 0 Å². The molecule has 0 radical (unpaired) electrons. The predicted octanol–water partition coefficient (Wildman–Crippen LogP) is 3.80. The summed E-state index contributed by atoms with van der Waals surface area (Å²) in [5, 5.41) is 10.6. The van der Waals surface area contributed by atoms with Crippen molar-refractivity contribution >= 4 is 23.6 Å². The standard InChI is InChI=1S/C19H14N2O4/c1-13-5-2-3-7-16(13)18-20-17(19(22)25-18)8-4-6-14-9-11-15(12-10-14)21(23)24/h2-12H,1H3/b6-4+,17-8-. The minimum atomic E-state index is -0.508. The molecule has 0 saturated carbocycles. The average molecular weight is 334 g/mol. The molecular weight excluding hydrogens is 320 g/mol. The van der Waals surface area contributed by atoms with Crippen molar-refractivity contribution < 1.29 is 14.5 Å². The number of carbonyl (C=O) groups is 1. The van der Waals surface area contributed by atoms with E-state index in [4.69, 9.17) is 4.74 Å². The zero-order valence-electron chi connectivity index (χ0n) is 13.4. The van der Waals surface area contributed by atoms with Crippen LogP contribution >= 0.6 is 0 Å². The summed E-state index contributed by atoms with van der Waals surface area (Å²) in [7, 11) is 0. The van der Waals surface area contributed by atoms with Gasteiger partial charge in [-0.2, -0.15) is 0 Å². The SMILES string of the molecule is Cc1ccccc1C1=N/C(=C\C=C\c2ccc([N+](=O)[O-])cc2)C(=O)O1. The number of rotatable bonds is 4. The van der Waals surface area contributed by atoms with Crippen LogP contribution in [0.4, 0.5) is 5.69 Å². The summed E-state index contributed by atoms with van der Waals surface area (Å²) in [6.45, 7) is 1.92. The van der Waals surface area contributed by atoms with Crippen LogP contribution in [0.2, 0.25) is 0 Å². The number of hydrogen-bond donors (Lipinski definition) is 0. The van der Waals surface area contributed by atoms with Crippen molar-refractivity contribution in [2.24, 2.45) is 4.99 Å². The Labute approximate surface area is 143 Å². The quantitative estimate of drug-likeness (QED) is 0.368. The van der Waals surface area contributed by atoms with Gasteiger partial charge < -0.3 is 4.74 Å². The fourth-order valence-electron chi connectivity index (χ4n) is 2.31. The summed E-state index contributed by atoms with van der Waals surface area (Å²) in [4.78, 5) is 26.3. The van der Waals surface area contributed by atoms with Crippen LogP contribution in [-0.2, 0) is 9.53 Å². The van der Waals surface area contributed by atoms with Gasteiger partial charge in [0.25, 0.3) is 5.69 Å². The molecule has 0 aromatic heterocycles.